The first-order valence-corrected chi connectivity index (χ1v) is 9.93. The highest BCUT2D eigenvalue weighted by molar-refractivity contribution is 5.93. The van der Waals surface area contributed by atoms with Gasteiger partial charge in [-0.1, -0.05) is 42.5 Å². The molecule has 8 heteroatoms. The van der Waals surface area contributed by atoms with Crippen LogP contribution in [0.2, 0.25) is 0 Å². The summed E-state index contributed by atoms with van der Waals surface area (Å²) in [6.45, 7) is 0.317. The van der Waals surface area contributed by atoms with Crippen LogP contribution in [0.4, 0.5) is 0 Å². The van der Waals surface area contributed by atoms with Crippen LogP contribution in [-0.2, 0) is 32.1 Å². The molecule has 1 saturated heterocycles. The Morgan fingerprint density at radius 3 is 2.39 bits per heavy atom. The van der Waals surface area contributed by atoms with Gasteiger partial charge in [0.25, 0.3) is 0 Å². The first-order chi connectivity index (χ1) is 14.9. The number of methoxy groups -OCH3 is 1. The largest absolute Gasteiger partial charge is 0.478 e. The quantitative estimate of drug-likeness (QED) is 0.625. The topological polar surface area (TPSA) is 113 Å². The second kappa shape index (κ2) is 9.88. The number of carbonyl (C=O) groups excluding carboxylic acids is 3. The van der Waals surface area contributed by atoms with Crippen LogP contribution in [0.25, 0.3) is 0 Å². The summed E-state index contributed by atoms with van der Waals surface area (Å²) < 4.78 is 4.83. The number of amides is 2. The second-order valence-electron chi connectivity index (χ2n) is 7.35. The number of carboxylic acids is 1. The van der Waals surface area contributed by atoms with Crippen LogP contribution in [0, 0.1) is 0 Å². The van der Waals surface area contributed by atoms with E-state index >= 15 is 0 Å². The third kappa shape index (κ3) is 5.48. The lowest BCUT2D eigenvalue weighted by molar-refractivity contribution is -0.146. The number of esters is 1. The lowest BCUT2D eigenvalue weighted by Gasteiger charge is -2.26. The first-order valence-electron chi connectivity index (χ1n) is 9.93. The number of hydrogen-bond acceptors (Lipinski definition) is 5. The molecule has 0 spiro atoms. The van der Waals surface area contributed by atoms with Gasteiger partial charge in [-0.05, 0) is 29.7 Å². The van der Waals surface area contributed by atoms with Crippen LogP contribution in [0.5, 0.6) is 0 Å². The van der Waals surface area contributed by atoms with Gasteiger partial charge in [-0.2, -0.15) is 0 Å². The molecule has 0 saturated carbocycles. The van der Waals surface area contributed by atoms with Gasteiger partial charge in [-0.3, -0.25) is 9.59 Å². The molecule has 3 rings (SSSR count). The Hall–Kier alpha value is -3.68. The van der Waals surface area contributed by atoms with E-state index in [1.165, 1.54) is 24.1 Å². The van der Waals surface area contributed by atoms with E-state index < -0.39 is 29.9 Å². The molecule has 0 radical (unpaired) electrons. The minimum Gasteiger partial charge on any atom is -0.478 e. The van der Waals surface area contributed by atoms with Crippen LogP contribution < -0.4 is 5.32 Å². The van der Waals surface area contributed by atoms with Gasteiger partial charge in [-0.15, -0.1) is 0 Å². The Morgan fingerprint density at radius 1 is 1.10 bits per heavy atom. The summed E-state index contributed by atoms with van der Waals surface area (Å²) >= 11 is 0. The van der Waals surface area contributed by atoms with Crippen molar-refractivity contribution in [1.82, 2.24) is 10.2 Å². The summed E-state index contributed by atoms with van der Waals surface area (Å²) in [5.41, 5.74) is 1.71. The molecule has 0 aromatic heterocycles. The summed E-state index contributed by atoms with van der Waals surface area (Å²) in [6.07, 6.45) is 0.779. The molecule has 0 bridgehead atoms. The van der Waals surface area contributed by atoms with Gasteiger partial charge in [-0.25, -0.2) is 9.59 Å². The lowest BCUT2D eigenvalue weighted by atomic mass is 10.0. The monoisotopic (exact) mass is 424 g/mol. The Labute approximate surface area is 179 Å². The standard InChI is InChI=1S/C23H24N2O6/c1-31-23(30)18(13-15-7-9-17(10-8-15)22(28)29)24-21(27)19-11-12-20(26)25(19)14-16-5-3-2-4-6-16/h2-10,18-19H,11-14H2,1H3,(H,24,27)(H,28,29)/t18-,19-/m0/s1. The van der Waals surface area contributed by atoms with E-state index in [1.54, 1.807) is 12.1 Å². The molecule has 2 atom stereocenters. The number of likely N-dealkylation sites (tertiary alicyclic amines) is 1. The smallest absolute Gasteiger partial charge is 0.335 e. The first kappa shape index (κ1) is 22.0. The van der Waals surface area contributed by atoms with Gasteiger partial charge < -0.3 is 20.1 Å². The van der Waals surface area contributed by atoms with Gasteiger partial charge in [0.1, 0.15) is 12.1 Å². The van der Waals surface area contributed by atoms with E-state index in [2.05, 4.69) is 5.32 Å². The molecule has 1 aliphatic heterocycles. The number of ether oxygens (including phenoxy) is 1. The zero-order valence-electron chi connectivity index (χ0n) is 17.1. The molecule has 1 heterocycles. The van der Waals surface area contributed by atoms with E-state index in [0.29, 0.717) is 18.5 Å². The maximum atomic E-state index is 13.0. The molecule has 2 aromatic rings. The molecule has 2 N–H and O–H groups in total. The van der Waals surface area contributed by atoms with Crippen molar-refractivity contribution in [2.75, 3.05) is 7.11 Å². The number of aromatic carboxylic acids is 1. The average Bonchev–Trinajstić information content (AvgIpc) is 3.14. The van der Waals surface area contributed by atoms with E-state index in [4.69, 9.17) is 9.84 Å². The van der Waals surface area contributed by atoms with Gasteiger partial charge in [0.2, 0.25) is 11.8 Å². The van der Waals surface area contributed by atoms with Gasteiger partial charge in [0.15, 0.2) is 0 Å². The average molecular weight is 424 g/mol. The Balaban J connectivity index is 1.71. The minimum atomic E-state index is -1.05. The van der Waals surface area contributed by atoms with Crippen molar-refractivity contribution in [3.8, 4) is 0 Å². The molecule has 162 valence electrons. The number of carbonyl (C=O) groups is 4. The summed E-state index contributed by atoms with van der Waals surface area (Å²) in [7, 11) is 1.23. The van der Waals surface area contributed by atoms with Crippen LogP contribution in [-0.4, -0.2) is 53.0 Å². The maximum Gasteiger partial charge on any atom is 0.335 e. The highest BCUT2D eigenvalue weighted by Crippen LogP contribution is 2.22. The van der Waals surface area contributed by atoms with E-state index in [9.17, 15) is 19.2 Å². The van der Waals surface area contributed by atoms with Crippen molar-refractivity contribution >= 4 is 23.8 Å². The lowest BCUT2D eigenvalue weighted by Crippen LogP contribution is -2.51. The van der Waals surface area contributed by atoms with Gasteiger partial charge in [0.05, 0.1) is 12.7 Å². The molecular formula is C23H24N2O6. The Kier molecular flexibility index (Phi) is 7.02. The zero-order chi connectivity index (χ0) is 22.4. The molecule has 31 heavy (non-hydrogen) atoms. The summed E-state index contributed by atoms with van der Waals surface area (Å²) in [4.78, 5) is 50.1. The number of rotatable bonds is 8. The third-order valence-corrected chi connectivity index (χ3v) is 5.27. The number of nitrogens with one attached hydrogen (secondary N) is 1. The van der Waals surface area contributed by atoms with Gasteiger partial charge in [0, 0.05) is 19.4 Å². The SMILES string of the molecule is COC(=O)[C@H](Cc1ccc(C(=O)O)cc1)NC(=O)[C@@H]1CCC(=O)N1Cc1ccccc1. The number of nitrogens with zero attached hydrogens (tertiary/aromatic N) is 1. The molecular weight excluding hydrogens is 400 g/mol. The van der Waals surface area contributed by atoms with Gasteiger partial charge >= 0.3 is 11.9 Å². The molecule has 0 unspecified atom stereocenters. The third-order valence-electron chi connectivity index (χ3n) is 5.27. The van der Waals surface area contributed by atoms with Crippen molar-refractivity contribution in [1.29, 1.82) is 0 Å². The van der Waals surface area contributed by atoms with E-state index in [0.717, 1.165) is 5.56 Å². The van der Waals surface area contributed by atoms with Crippen molar-refractivity contribution in [2.45, 2.75) is 37.9 Å². The van der Waals surface area contributed by atoms with Crippen LogP contribution in [0.15, 0.2) is 54.6 Å². The van der Waals surface area contributed by atoms with E-state index in [-0.39, 0.29) is 24.3 Å². The fourth-order valence-corrected chi connectivity index (χ4v) is 3.61. The van der Waals surface area contributed by atoms with E-state index in [1.807, 2.05) is 30.3 Å². The fraction of sp³-hybridized carbons (Fsp3) is 0.304. The van der Waals surface area contributed by atoms with Crippen LogP contribution in [0.1, 0.15) is 34.3 Å². The minimum absolute atomic E-state index is 0.108. The predicted molar refractivity (Wildman–Crippen MR) is 111 cm³/mol. The number of hydrogen-bond donors (Lipinski definition) is 2. The highest BCUT2D eigenvalue weighted by atomic mass is 16.5. The summed E-state index contributed by atoms with van der Waals surface area (Å²) in [5, 5.41) is 11.7. The van der Waals surface area contributed by atoms with Crippen molar-refractivity contribution in [2.24, 2.45) is 0 Å². The second-order valence-corrected chi connectivity index (χ2v) is 7.35. The maximum absolute atomic E-state index is 13.0. The van der Waals surface area contributed by atoms with Crippen LogP contribution in [0.3, 0.4) is 0 Å². The molecule has 1 fully saturated rings. The zero-order valence-corrected chi connectivity index (χ0v) is 17.1. The highest BCUT2D eigenvalue weighted by Gasteiger charge is 2.37. The number of carboxylic acid groups (broad SMARTS) is 1. The van der Waals surface area contributed by atoms with Crippen molar-refractivity contribution < 1.29 is 29.0 Å². The van der Waals surface area contributed by atoms with Crippen LogP contribution >= 0.6 is 0 Å². The molecule has 8 nitrogen and oxygen atoms in total. The number of benzene rings is 2. The Bertz CT molecular complexity index is 958. The molecule has 2 amide bonds. The van der Waals surface area contributed by atoms with Crippen molar-refractivity contribution in [3.05, 3.63) is 71.3 Å². The molecule has 1 aliphatic rings. The molecule has 2 aromatic carbocycles. The Morgan fingerprint density at radius 2 is 1.77 bits per heavy atom. The van der Waals surface area contributed by atoms with Crippen molar-refractivity contribution in [3.63, 3.8) is 0 Å². The normalized spacial score (nSPS) is 16.6. The summed E-state index contributed by atoms with van der Waals surface area (Å²) in [5.74, 6) is -2.19. The fourth-order valence-electron chi connectivity index (χ4n) is 3.61. The predicted octanol–water partition coefficient (Wildman–Crippen LogP) is 1.78. The summed E-state index contributed by atoms with van der Waals surface area (Å²) in [6, 6.07) is 13.8. The molecule has 0 aliphatic carbocycles.